The second-order valence-corrected chi connectivity index (χ2v) is 7.58. The second kappa shape index (κ2) is 7.37. The molecule has 0 spiro atoms. The van der Waals surface area contributed by atoms with Gasteiger partial charge in [0.1, 0.15) is 5.75 Å². The molecular formula is C15H14BrF2NO3S. The number of hydrogen-bond donors (Lipinski definition) is 0. The van der Waals surface area contributed by atoms with Crippen LogP contribution in [0.4, 0.5) is 8.78 Å². The van der Waals surface area contributed by atoms with E-state index in [0.717, 1.165) is 0 Å². The van der Waals surface area contributed by atoms with Crippen molar-refractivity contribution >= 4 is 26.0 Å². The van der Waals surface area contributed by atoms with Gasteiger partial charge in [-0.3, -0.25) is 0 Å². The Morgan fingerprint density at radius 2 is 1.74 bits per heavy atom. The van der Waals surface area contributed by atoms with Crippen molar-refractivity contribution in [3.63, 3.8) is 0 Å². The van der Waals surface area contributed by atoms with E-state index in [9.17, 15) is 17.2 Å². The van der Waals surface area contributed by atoms with Crippen LogP contribution >= 0.6 is 15.9 Å². The lowest BCUT2D eigenvalue weighted by Gasteiger charge is -2.18. The van der Waals surface area contributed by atoms with Crippen molar-refractivity contribution in [1.82, 2.24) is 4.31 Å². The van der Waals surface area contributed by atoms with Crippen LogP contribution in [-0.4, -0.2) is 26.4 Å². The summed E-state index contributed by atoms with van der Waals surface area (Å²) in [6.45, 7) is -2.78. The van der Waals surface area contributed by atoms with Crippen LogP contribution in [-0.2, 0) is 16.6 Å². The molecule has 0 aromatic heterocycles. The Kier molecular flexibility index (Phi) is 5.72. The number of hydrogen-bond acceptors (Lipinski definition) is 3. The minimum atomic E-state index is -3.66. The topological polar surface area (TPSA) is 46.6 Å². The van der Waals surface area contributed by atoms with E-state index >= 15 is 0 Å². The number of nitrogens with zero attached hydrogens (tertiary/aromatic N) is 1. The normalized spacial score (nSPS) is 11.9. The fourth-order valence-corrected chi connectivity index (χ4v) is 4.06. The van der Waals surface area contributed by atoms with Crippen molar-refractivity contribution in [3.8, 4) is 5.75 Å². The standard InChI is InChI=1S/C15H14BrF2NO3S/c1-19(23(20,21)14-5-3-2-4-13(14)16)10-11-6-8-12(9-7-11)22-15(17)18/h2-9,15H,10H2,1H3. The van der Waals surface area contributed by atoms with Gasteiger partial charge in [0.25, 0.3) is 0 Å². The molecule has 8 heteroatoms. The van der Waals surface area contributed by atoms with Gasteiger partial charge in [0, 0.05) is 18.1 Å². The summed E-state index contributed by atoms with van der Waals surface area (Å²) in [5.41, 5.74) is 0.657. The Morgan fingerprint density at radius 3 is 2.30 bits per heavy atom. The van der Waals surface area contributed by atoms with Crippen molar-refractivity contribution < 1.29 is 21.9 Å². The number of sulfonamides is 1. The first-order chi connectivity index (χ1) is 10.8. The molecule has 0 atom stereocenters. The summed E-state index contributed by atoms with van der Waals surface area (Å²) in [5.74, 6) is 0.0278. The lowest BCUT2D eigenvalue weighted by atomic mass is 10.2. The molecule has 0 fully saturated rings. The first kappa shape index (κ1) is 17.8. The highest BCUT2D eigenvalue weighted by Gasteiger charge is 2.23. The Balaban J connectivity index is 2.15. The van der Waals surface area contributed by atoms with Crippen molar-refractivity contribution in [2.45, 2.75) is 18.1 Å². The zero-order valence-electron chi connectivity index (χ0n) is 12.1. The van der Waals surface area contributed by atoms with E-state index in [1.165, 1.54) is 29.6 Å². The van der Waals surface area contributed by atoms with Gasteiger partial charge in [-0.05, 0) is 45.8 Å². The first-order valence-corrected chi connectivity index (χ1v) is 8.78. The average molecular weight is 406 g/mol. The maximum Gasteiger partial charge on any atom is 0.387 e. The molecule has 0 heterocycles. The van der Waals surface area contributed by atoms with E-state index in [2.05, 4.69) is 20.7 Å². The molecular weight excluding hydrogens is 392 g/mol. The summed E-state index contributed by atoms with van der Waals surface area (Å²) in [6, 6.07) is 12.4. The smallest absolute Gasteiger partial charge is 0.387 e. The van der Waals surface area contributed by atoms with Gasteiger partial charge in [-0.25, -0.2) is 8.42 Å². The van der Waals surface area contributed by atoms with Gasteiger partial charge >= 0.3 is 6.61 Å². The summed E-state index contributed by atoms with van der Waals surface area (Å²) in [5, 5.41) is 0. The van der Waals surface area contributed by atoms with Gasteiger partial charge in [0.2, 0.25) is 10.0 Å². The van der Waals surface area contributed by atoms with Gasteiger partial charge in [0.15, 0.2) is 0 Å². The van der Waals surface area contributed by atoms with Crippen molar-refractivity contribution in [1.29, 1.82) is 0 Å². The van der Waals surface area contributed by atoms with Crippen molar-refractivity contribution in [2.24, 2.45) is 0 Å². The van der Waals surface area contributed by atoms with E-state index in [1.54, 1.807) is 30.3 Å². The van der Waals surface area contributed by atoms with Gasteiger partial charge in [-0.2, -0.15) is 13.1 Å². The predicted octanol–water partition coefficient (Wildman–Crippen LogP) is 3.87. The summed E-state index contributed by atoms with van der Waals surface area (Å²) in [7, 11) is -2.21. The number of alkyl halides is 2. The molecule has 0 saturated carbocycles. The summed E-state index contributed by atoms with van der Waals surface area (Å²) >= 11 is 3.22. The highest BCUT2D eigenvalue weighted by molar-refractivity contribution is 9.10. The summed E-state index contributed by atoms with van der Waals surface area (Å²) < 4.78 is 55.2. The zero-order chi connectivity index (χ0) is 17.0. The van der Waals surface area contributed by atoms with E-state index in [1.807, 2.05) is 0 Å². The first-order valence-electron chi connectivity index (χ1n) is 6.55. The molecule has 124 valence electrons. The third kappa shape index (κ3) is 4.49. The fourth-order valence-electron chi connectivity index (χ4n) is 1.94. The Labute approximate surface area is 141 Å². The SMILES string of the molecule is CN(Cc1ccc(OC(F)F)cc1)S(=O)(=O)c1ccccc1Br. The van der Waals surface area contributed by atoms with Gasteiger partial charge in [-0.15, -0.1) is 0 Å². The molecule has 2 aromatic carbocycles. The maximum atomic E-state index is 12.5. The summed E-state index contributed by atoms with van der Waals surface area (Å²) in [4.78, 5) is 0.167. The van der Waals surface area contributed by atoms with Crippen LogP contribution in [0.5, 0.6) is 5.75 Å². The lowest BCUT2D eigenvalue weighted by molar-refractivity contribution is -0.0498. The van der Waals surface area contributed by atoms with Crippen LogP contribution in [0, 0.1) is 0 Å². The number of rotatable bonds is 6. The van der Waals surface area contributed by atoms with Gasteiger partial charge in [-0.1, -0.05) is 24.3 Å². The van der Waals surface area contributed by atoms with Crippen LogP contribution in [0.3, 0.4) is 0 Å². The third-order valence-corrected chi connectivity index (χ3v) is 5.89. The molecule has 2 rings (SSSR count). The number of halogens is 3. The van der Waals surface area contributed by atoms with Crippen molar-refractivity contribution in [2.75, 3.05) is 7.05 Å². The number of ether oxygens (including phenoxy) is 1. The fraction of sp³-hybridized carbons (Fsp3) is 0.200. The molecule has 0 amide bonds. The monoisotopic (exact) mass is 405 g/mol. The highest BCUT2D eigenvalue weighted by atomic mass is 79.9. The largest absolute Gasteiger partial charge is 0.435 e. The van der Waals surface area contributed by atoms with Crippen LogP contribution in [0.15, 0.2) is 57.9 Å². The molecule has 23 heavy (non-hydrogen) atoms. The van der Waals surface area contributed by atoms with E-state index in [-0.39, 0.29) is 17.2 Å². The molecule has 0 aliphatic rings. The maximum absolute atomic E-state index is 12.5. The molecule has 0 radical (unpaired) electrons. The molecule has 2 aromatic rings. The van der Waals surface area contributed by atoms with Crippen LogP contribution < -0.4 is 4.74 Å². The average Bonchev–Trinajstić information content (AvgIpc) is 2.49. The van der Waals surface area contributed by atoms with Crippen LogP contribution in [0.2, 0.25) is 0 Å². The van der Waals surface area contributed by atoms with E-state index in [4.69, 9.17) is 0 Å². The minimum absolute atomic E-state index is 0.0278. The Bertz CT molecular complexity index is 767. The Morgan fingerprint density at radius 1 is 1.13 bits per heavy atom. The van der Waals surface area contributed by atoms with Crippen LogP contribution in [0.25, 0.3) is 0 Å². The van der Waals surface area contributed by atoms with Crippen LogP contribution in [0.1, 0.15) is 5.56 Å². The van der Waals surface area contributed by atoms with E-state index < -0.39 is 16.6 Å². The number of benzene rings is 2. The van der Waals surface area contributed by atoms with Crippen molar-refractivity contribution in [3.05, 3.63) is 58.6 Å². The van der Waals surface area contributed by atoms with Gasteiger partial charge < -0.3 is 4.74 Å². The quantitative estimate of drug-likeness (QED) is 0.732. The molecule has 0 bridgehead atoms. The predicted molar refractivity (Wildman–Crippen MR) is 85.9 cm³/mol. The Hall–Kier alpha value is -1.51. The second-order valence-electron chi connectivity index (χ2n) is 4.71. The zero-order valence-corrected chi connectivity index (χ0v) is 14.5. The molecule has 0 aliphatic carbocycles. The molecule has 4 nitrogen and oxygen atoms in total. The molecule has 0 N–H and O–H groups in total. The molecule has 0 saturated heterocycles. The highest BCUT2D eigenvalue weighted by Crippen LogP contribution is 2.25. The molecule has 0 aliphatic heterocycles. The van der Waals surface area contributed by atoms with E-state index in [0.29, 0.717) is 10.0 Å². The third-order valence-electron chi connectivity index (χ3n) is 3.08. The summed E-state index contributed by atoms with van der Waals surface area (Å²) in [6.07, 6.45) is 0. The van der Waals surface area contributed by atoms with Gasteiger partial charge in [0.05, 0.1) is 4.90 Å². The lowest BCUT2D eigenvalue weighted by Crippen LogP contribution is -2.26. The minimum Gasteiger partial charge on any atom is -0.435 e. The molecule has 0 unspecified atom stereocenters.